The number of hydrogen-bond donors (Lipinski definition) is 1. The predicted molar refractivity (Wildman–Crippen MR) is 69.6 cm³/mol. The highest BCUT2D eigenvalue weighted by Crippen LogP contribution is 2.36. The number of hydrogen-bond acceptors (Lipinski definition) is 2. The summed E-state index contributed by atoms with van der Waals surface area (Å²) in [6.07, 6.45) is 8.35. The largest absolute Gasteiger partial charge is 0.368 e. The summed E-state index contributed by atoms with van der Waals surface area (Å²) in [6, 6.07) is 0.202. The van der Waals surface area contributed by atoms with Crippen LogP contribution in [0.2, 0.25) is 0 Å². The first-order valence-corrected chi connectivity index (χ1v) is 6.85. The zero-order chi connectivity index (χ0) is 13.1. The van der Waals surface area contributed by atoms with E-state index in [0.717, 1.165) is 31.3 Å². The van der Waals surface area contributed by atoms with E-state index in [9.17, 15) is 9.59 Å². The van der Waals surface area contributed by atoms with Crippen molar-refractivity contribution in [1.82, 2.24) is 4.90 Å². The maximum Gasteiger partial charge on any atom is 0.247 e. The van der Waals surface area contributed by atoms with Gasteiger partial charge in [0.05, 0.1) is 6.54 Å². The molecule has 0 bridgehead atoms. The van der Waals surface area contributed by atoms with Gasteiger partial charge in [0.2, 0.25) is 11.8 Å². The van der Waals surface area contributed by atoms with E-state index in [1.54, 1.807) is 11.0 Å². The highest BCUT2D eigenvalue weighted by molar-refractivity contribution is 5.91. The van der Waals surface area contributed by atoms with Crippen LogP contribution in [0.1, 0.15) is 45.4 Å². The van der Waals surface area contributed by atoms with E-state index in [1.807, 2.05) is 6.92 Å². The molecule has 0 saturated heterocycles. The number of carbonyl (C=O) groups is 2. The number of nitrogens with two attached hydrogens (primary N) is 1. The fraction of sp³-hybridized carbons (Fsp3) is 0.714. The van der Waals surface area contributed by atoms with Gasteiger partial charge in [-0.2, -0.15) is 0 Å². The summed E-state index contributed by atoms with van der Waals surface area (Å²) in [5.74, 6) is 0.130. The summed E-state index contributed by atoms with van der Waals surface area (Å²) in [7, 11) is 0. The van der Waals surface area contributed by atoms with E-state index >= 15 is 0 Å². The molecule has 0 aliphatic heterocycles. The van der Waals surface area contributed by atoms with E-state index in [1.165, 1.54) is 12.8 Å². The Morgan fingerprint density at radius 2 is 1.83 bits per heavy atom. The van der Waals surface area contributed by atoms with Crippen LogP contribution in [0.15, 0.2) is 11.6 Å². The van der Waals surface area contributed by atoms with E-state index in [2.05, 4.69) is 0 Å². The van der Waals surface area contributed by atoms with Crippen LogP contribution >= 0.6 is 0 Å². The lowest BCUT2D eigenvalue weighted by Gasteiger charge is -2.26. The van der Waals surface area contributed by atoms with E-state index in [-0.39, 0.29) is 18.5 Å². The monoisotopic (exact) mass is 250 g/mol. The second-order valence-corrected chi connectivity index (χ2v) is 5.53. The van der Waals surface area contributed by atoms with Gasteiger partial charge in [0.25, 0.3) is 0 Å². The Labute approximate surface area is 108 Å². The normalized spacial score (nSPS) is 21.1. The minimum absolute atomic E-state index is 0.0369. The van der Waals surface area contributed by atoms with Gasteiger partial charge >= 0.3 is 0 Å². The quantitative estimate of drug-likeness (QED) is 0.753. The third-order valence-electron chi connectivity index (χ3n) is 3.95. The molecule has 0 unspecified atom stereocenters. The molecule has 2 saturated carbocycles. The van der Waals surface area contributed by atoms with Crippen LogP contribution in [0.3, 0.4) is 0 Å². The molecule has 18 heavy (non-hydrogen) atoms. The van der Waals surface area contributed by atoms with Crippen molar-refractivity contribution < 1.29 is 9.59 Å². The smallest absolute Gasteiger partial charge is 0.247 e. The van der Waals surface area contributed by atoms with Crippen molar-refractivity contribution in [2.24, 2.45) is 11.7 Å². The third-order valence-corrected chi connectivity index (χ3v) is 3.95. The van der Waals surface area contributed by atoms with Crippen molar-refractivity contribution in [3.63, 3.8) is 0 Å². The van der Waals surface area contributed by atoms with Crippen LogP contribution in [0.4, 0.5) is 0 Å². The first kappa shape index (κ1) is 13.1. The van der Waals surface area contributed by atoms with Gasteiger partial charge in [-0.3, -0.25) is 9.59 Å². The lowest BCUT2D eigenvalue weighted by Crippen LogP contribution is -2.43. The van der Waals surface area contributed by atoms with Gasteiger partial charge in [-0.15, -0.1) is 0 Å². The summed E-state index contributed by atoms with van der Waals surface area (Å²) in [4.78, 5) is 25.0. The first-order valence-electron chi connectivity index (χ1n) is 6.85. The second kappa shape index (κ2) is 5.55. The van der Waals surface area contributed by atoms with Gasteiger partial charge in [-0.25, -0.2) is 0 Å². The van der Waals surface area contributed by atoms with Gasteiger partial charge in [-0.1, -0.05) is 18.4 Å². The molecule has 2 N–H and O–H groups in total. The van der Waals surface area contributed by atoms with Crippen molar-refractivity contribution >= 4 is 11.8 Å². The molecule has 0 radical (unpaired) electrons. The molecule has 4 nitrogen and oxygen atoms in total. The van der Waals surface area contributed by atoms with Gasteiger partial charge in [-0.05, 0) is 38.5 Å². The van der Waals surface area contributed by atoms with Crippen LogP contribution in [-0.4, -0.2) is 29.3 Å². The maximum atomic E-state index is 12.3. The lowest BCUT2D eigenvalue weighted by atomic mass is 10.1. The number of nitrogens with zero attached hydrogens (tertiary/aromatic N) is 1. The van der Waals surface area contributed by atoms with E-state index in [4.69, 9.17) is 5.73 Å². The Hall–Kier alpha value is -1.32. The number of amides is 2. The standard InChI is InChI=1S/C14H22N2O2/c1-10(11-6-7-11)8-14(18)16(9-13(15)17)12-4-2-3-5-12/h8,11-12H,2-7,9H2,1H3,(H2,15,17)/b10-8+. The molecule has 2 rings (SSSR count). The van der Waals surface area contributed by atoms with Gasteiger partial charge in [0, 0.05) is 12.1 Å². The molecular formula is C14H22N2O2. The molecule has 100 valence electrons. The molecule has 2 amide bonds. The number of rotatable bonds is 5. The Bertz CT molecular complexity index is 366. The van der Waals surface area contributed by atoms with Crippen LogP contribution in [0.25, 0.3) is 0 Å². The summed E-state index contributed by atoms with van der Waals surface area (Å²) in [5.41, 5.74) is 6.39. The SMILES string of the molecule is C/C(=C\C(=O)N(CC(N)=O)C1CCCC1)C1CC1. The van der Waals surface area contributed by atoms with Crippen LogP contribution < -0.4 is 5.73 Å². The summed E-state index contributed by atoms with van der Waals surface area (Å²) in [6.45, 7) is 2.06. The third kappa shape index (κ3) is 3.34. The van der Waals surface area contributed by atoms with Crippen molar-refractivity contribution in [1.29, 1.82) is 0 Å². The molecule has 0 aromatic carbocycles. The molecule has 2 fully saturated rings. The Balaban J connectivity index is 2.04. The van der Waals surface area contributed by atoms with Gasteiger partial charge < -0.3 is 10.6 Å². The summed E-state index contributed by atoms with van der Waals surface area (Å²) >= 11 is 0. The molecule has 2 aliphatic rings. The Morgan fingerprint density at radius 1 is 1.22 bits per heavy atom. The molecule has 0 aromatic rings. The zero-order valence-corrected chi connectivity index (χ0v) is 11.0. The minimum Gasteiger partial charge on any atom is -0.368 e. The highest BCUT2D eigenvalue weighted by Gasteiger charge is 2.28. The molecule has 0 atom stereocenters. The molecule has 0 heterocycles. The number of carbonyl (C=O) groups excluding carboxylic acids is 2. The van der Waals surface area contributed by atoms with E-state index < -0.39 is 5.91 Å². The first-order chi connectivity index (χ1) is 8.58. The van der Waals surface area contributed by atoms with Crippen molar-refractivity contribution in [2.75, 3.05) is 6.54 Å². The maximum absolute atomic E-state index is 12.3. The summed E-state index contributed by atoms with van der Waals surface area (Å²) in [5, 5.41) is 0. The predicted octanol–water partition coefficient (Wildman–Crippen LogP) is 1.60. The minimum atomic E-state index is -0.423. The van der Waals surface area contributed by atoms with Crippen molar-refractivity contribution in [3.05, 3.63) is 11.6 Å². The Morgan fingerprint density at radius 3 is 2.33 bits per heavy atom. The number of allylic oxidation sites excluding steroid dienone is 1. The summed E-state index contributed by atoms with van der Waals surface area (Å²) < 4.78 is 0. The zero-order valence-electron chi connectivity index (χ0n) is 11.0. The van der Waals surface area contributed by atoms with Gasteiger partial charge in [0.1, 0.15) is 0 Å². The van der Waals surface area contributed by atoms with Crippen molar-refractivity contribution in [3.8, 4) is 0 Å². The molecule has 2 aliphatic carbocycles. The second-order valence-electron chi connectivity index (χ2n) is 5.53. The van der Waals surface area contributed by atoms with Crippen molar-refractivity contribution in [2.45, 2.75) is 51.5 Å². The topological polar surface area (TPSA) is 63.4 Å². The Kier molecular flexibility index (Phi) is 4.04. The average Bonchev–Trinajstić information content (AvgIpc) is 3.02. The molecular weight excluding hydrogens is 228 g/mol. The fourth-order valence-electron chi connectivity index (χ4n) is 2.70. The van der Waals surface area contributed by atoms with Crippen LogP contribution in [0.5, 0.6) is 0 Å². The van der Waals surface area contributed by atoms with E-state index in [0.29, 0.717) is 5.92 Å². The van der Waals surface area contributed by atoms with Crippen LogP contribution in [-0.2, 0) is 9.59 Å². The fourth-order valence-corrected chi connectivity index (χ4v) is 2.70. The lowest BCUT2D eigenvalue weighted by molar-refractivity contribution is -0.133. The molecule has 4 heteroatoms. The molecule has 0 aromatic heterocycles. The number of primary amides is 1. The highest BCUT2D eigenvalue weighted by atomic mass is 16.2. The average molecular weight is 250 g/mol. The van der Waals surface area contributed by atoms with Crippen LogP contribution in [0, 0.1) is 5.92 Å². The van der Waals surface area contributed by atoms with Gasteiger partial charge in [0.15, 0.2) is 0 Å². The molecule has 0 spiro atoms.